The van der Waals surface area contributed by atoms with Crippen LogP contribution in [0.5, 0.6) is 11.8 Å². The number of aryl methyl sites for hydroxylation is 1. The number of ether oxygens (including phenoxy) is 1. The number of anilines is 2. The lowest BCUT2D eigenvalue weighted by molar-refractivity contribution is 0.102. The molecule has 208 valence electrons. The molecule has 40 heavy (non-hydrogen) atoms. The van der Waals surface area contributed by atoms with Crippen LogP contribution in [-0.4, -0.2) is 46.2 Å². The molecule has 3 heterocycles. The van der Waals surface area contributed by atoms with Crippen LogP contribution in [0.2, 0.25) is 15.1 Å². The summed E-state index contributed by atoms with van der Waals surface area (Å²) in [5.74, 6) is -1.01. The molecule has 0 saturated carbocycles. The molecule has 5 rings (SSSR count). The molecule has 0 saturated heterocycles. The van der Waals surface area contributed by atoms with E-state index in [9.17, 15) is 23.1 Å². The van der Waals surface area contributed by atoms with Crippen LogP contribution in [0.4, 0.5) is 11.4 Å². The number of sulfonamides is 1. The fraction of sp³-hybridized carbons (Fsp3) is 0.160. The molecule has 4 aromatic rings. The van der Waals surface area contributed by atoms with E-state index in [1.807, 2.05) is 0 Å². The fourth-order valence-electron chi connectivity index (χ4n) is 4.20. The predicted octanol–water partition coefficient (Wildman–Crippen LogP) is 4.16. The number of amides is 1. The molecule has 0 bridgehead atoms. The largest absolute Gasteiger partial charge is 0.493 e. The number of benzene rings is 2. The molecular formula is C25H20Cl3N5O6S. The van der Waals surface area contributed by atoms with Gasteiger partial charge in [0.25, 0.3) is 15.9 Å². The number of rotatable bonds is 6. The fourth-order valence-corrected chi connectivity index (χ4v) is 6.56. The monoisotopic (exact) mass is 623 g/mol. The van der Waals surface area contributed by atoms with Crippen LogP contribution in [0.1, 0.15) is 10.4 Å². The third kappa shape index (κ3) is 5.22. The van der Waals surface area contributed by atoms with E-state index in [1.165, 1.54) is 66.5 Å². The highest BCUT2D eigenvalue weighted by molar-refractivity contribution is 7.92. The number of halogens is 3. The van der Waals surface area contributed by atoms with Crippen molar-refractivity contribution in [2.24, 2.45) is 7.05 Å². The number of carbonyl (C=O) groups is 1. The summed E-state index contributed by atoms with van der Waals surface area (Å²) in [5.41, 5.74) is -0.300. The Balaban J connectivity index is 1.54. The van der Waals surface area contributed by atoms with E-state index in [4.69, 9.17) is 39.5 Å². The summed E-state index contributed by atoms with van der Waals surface area (Å²) in [6.45, 7) is -0.421. The molecule has 1 aliphatic rings. The number of hydrogen-bond donors (Lipinski definition) is 2. The first kappa shape index (κ1) is 27.8. The molecule has 2 aromatic carbocycles. The van der Waals surface area contributed by atoms with Crippen LogP contribution in [0.25, 0.3) is 0 Å². The zero-order valence-corrected chi connectivity index (χ0v) is 23.7. The summed E-state index contributed by atoms with van der Waals surface area (Å²) in [4.78, 5) is 29.5. The molecule has 0 aliphatic carbocycles. The molecule has 11 nitrogen and oxygen atoms in total. The van der Waals surface area contributed by atoms with Gasteiger partial charge in [0.1, 0.15) is 11.8 Å². The van der Waals surface area contributed by atoms with Gasteiger partial charge in [-0.15, -0.1) is 0 Å². The Bertz CT molecular complexity index is 1790. The number of pyridine rings is 1. The van der Waals surface area contributed by atoms with E-state index < -0.39 is 27.7 Å². The maximum atomic E-state index is 13.8. The molecule has 2 N–H and O–H groups in total. The van der Waals surface area contributed by atoms with Crippen LogP contribution in [0.3, 0.4) is 0 Å². The Morgan fingerprint density at radius 1 is 1.15 bits per heavy atom. The molecule has 1 atom stereocenters. The number of aromatic nitrogens is 3. The number of nitrogens with zero attached hydrogens (tertiary/aromatic N) is 4. The van der Waals surface area contributed by atoms with Crippen LogP contribution in [-0.2, 0) is 23.6 Å². The molecule has 0 fully saturated rings. The average molecular weight is 625 g/mol. The number of fused-ring (bicyclic) bond motifs is 1. The van der Waals surface area contributed by atoms with Crippen molar-refractivity contribution in [1.29, 1.82) is 0 Å². The minimum Gasteiger partial charge on any atom is -0.493 e. The summed E-state index contributed by atoms with van der Waals surface area (Å²) in [6, 6.07) is 11.7. The van der Waals surface area contributed by atoms with Crippen molar-refractivity contribution >= 4 is 62.1 Å². The first-order chi connectivity index (χ1) is 19.0. The predicted molar refractivity (Wildman–Crippen MR) is 150 cm³/mol. The average Bonchev–Trinajstić information content (AvgIpc) is 3.14. The minimum absolute atomic E-state index is 0.0314. The van der Waals surface area contributed by atoms with E-state index in [0.29, 0.717) is 0 Å². The third-order valence-corrected chi connectivity index (χ3v) is 8.73. The Morgan fingerprint density at radius 2 is 1.85 bits per heavy atom. The maximum Gasteiger partial charge on any atom is 0.330 e. The number of nitrogens with one attached hydrogen (secondary N) is 1. The van der Waals surface area contributed by atoms with Crippen molar-refractivity contribution in [3.8, 4) is 11.8 Å². The lowest BCUT2D eigenvalue weighted by Gasteiger charge is -2.35. The van der Waals surface area contributed by atoms with Crippen molar-refractivity contribution in [2.75, 3.05) is 16.2 Å². The van der Waals surface area contributed by atoms with Gasteiger partial charge >= 0.3 is 5.69 Å². The highest BCUT2D eigenvalue weighted by Gasteiger charge is 2.36. The Hall–Kier alpha value is -3.71. The normalized spacial score (nSPS) is 14.9. The Morgan fingerprint density at radius 3 is 2.50 bits per heavy atom. The number of imidazole rings is 1. The summed E-state index contributed by atoms with van der Waals surface area (Å²) in [6.07, 6.45) is 1.60. The van der Waals surface area contributed by atoms with Crippen molar-refractivity contribution in [3.63, 3.8) is 0 Å². The smallest absolute Gasteiger partial charge is 0.330 e. The zero-order chi connectivity index (χ0) is 28.8. The minimum atomic E-state index is -4.23. The summed E-state index contributed by atoms with van der Waals surface area (Å²) in [7, 11) is -2.76. The summed E-state index contributed by atoms with van der Waals surface area (Å²) < 4.78 is 36.9. The van der Waals surface area contributed by atoms with Crippen LogP contribution >= 0.6 is 34.8 Å². The molecule has 15 heteroatoms. The molecule has 0 spiro atoms. The van der Waals surface area contributed by atoms with Crippen LogP contribution in [0.15, 0.2) is 70.6 Å². The van der Waals surface area contributed by atoms with Crippen molar-refractivity contribution in [1.82, 2.24) is 14.1 Å². The standard InChI is InChI=1S/C25H20Cl3N5O6S/c1-31-13-21(34)32(25(31)36)11-16-12-33(40(37,38)17-5-2-4-14(26)8-17)20-9-15(10-29-24(20)39-16)30-23(35)22-18(27)6-3-7-19(22)28/h2-10,13,16,34H,11-12H2,1H3,(H,30,35). The van der Waals surface area contributed by atoms with E-state index in [-0.39, 0.29) is 61.8 Å². The topological polar surface area (TPSA) is 136 Å². The van der Waals surface area contributed by atoms with Gasteiger partial charge in [0.05, 0.1) is 51.7 Å². The maximum absolute atomic E-state index is 13.8. The second-order valence-electron chi connectivity index (χ2n) is 8.82. The highest BCUT2D eigenvalue weighted by Crippen LogP contribution is 2.38. The first-order valence-corrected chi connectivity index (χ1v) is 14.2. The molecule has 0 radical (unpaired) electrons. The van der Waals surface area contributed by atoms with Crippen LogP contribution in [0, 0.1) is 0 Å². The Labute approximate surface area is 243 Å². The SMILES string of the molecule is Cn1cc(O)n(CC2CN(S(=O)(=O)c3cccc(Cl)c3)c3cc(NC(=O)c4c(Cl)cccc4Cl)cnc3O2)c1=O. The van der Waals surface area contributed by atoms with Gasteiger partial charge < -0.3 is 15.2 Å². The quantitative estimate of drug-likeness (QED) is 0.329. The second kappa shape index (κ2) is 10.7. The van der Waals surface area contributed by atoms with Gasteiger partial charge in [-0.3, -0.25) is 18.2 Å². The van der Waals surface area contributed by atoms with Crippen molar-refractivity contribution in [2.45, 2.75) is 17.5 Å². The van der Waals surface area contributed by atoms with E-state index >= 15 is 0 Å². The van der Waals surface area contributed by atoms with Crippen LogP contribution < -0.4 is 20.0 Å². The van der Waals surface area contributed by atoms with Gasteiger partial charge in [-0.1, -0.05) is 46.9 Å². The van der Waals surface area contributed by atoms with Gasteiger partial charge in [0.15, 0.2) is 0 Å². The highest BCUT2D eigenvalue weighted by atomic mass is 35.5. The van der Waals surface area contributed by atoms with Gasteiger partial charge in [-0.25, -0.2) is 18.2 Å². The number of hydrogen-bond acceptors (Lipinski definition) is 7. The second-order valence-corrected chi connectivity index (χ2v) is 11.9. The van der Waals surface area contributed by atoms with Gasteiger partial charge in [0.2, 0.25) is 11.8 Å². The molecule has 1 unspecified atom stereocenters. The number of carbonyl (C=O) groups excluding carboxylic acids is 1. The van der Waals surface area contributed by atoms with Gasteiger partial charge in [-0.2, -0.15) is 0 Å². The van der Waals surface area contributed by atoms with E-state index in [1.54, 1.807) is 6.07 Å². The third-order valence-electron chi connectivity index (χ3n) is 6.08. The lowest BCUT2D eigenvalue weighted by atomic mass is 10.2. The molecule has 1 amide bonds. The van der Waals surface area contributed by atoms with Gasteiger partial charge in [-0.05, 0) is 36.4 Å². The number of aromatic hydroxyl groups is 1. The Kier molecular flexibility index (Phi) is 7.44. The first-order valence-electron chi connectivity index (χ1n) is 11.6. The molecular weight excluding hydrogens is 605 g/mol. The summed E-state index contributed by atoms with van der Waals surface area (Å²) in [5, 5.41) is 13.3. The van der Waals surface area contributed by atoms with E-state index in [0.717, 1.165) is 8.87 Å². The zero-order valence-electron chi connectivity index (χ0n) is 20.6. The molecule has 2 aromatic heterocycles. The van der Waals surface area contributed by atoms with Gasteiger partial charge in [0, 0.05) is 12.1 Å². The van der Waals surface area contributed by atoms with Crippen molar-refractivity contribution < 1.29 is 23.1 Å². The summed E-state index contributed by atoms with van der Waals surface area (Å²) >= 11 is 18.4. The lowest BCUT2D eigenvalue weighted by Crippen LogP contribution is -2.46. The van der Waals surface area contributed by atoms with Crippen molar-refractivity contribution in [3.05, 3.63) is 92.0 Å². The molecule has 1 aliphatic heterocycles. The van der Waals surface area contributed by atoms with E-state index in [2.05, 4.69) is 10.3 Å².